The second-order valence-corrected chi connectivity index (χ2v) is 6.87. The van der Waals surface area contributed by atoms with Gasteiger partial charge < -0.3 is 8.92 Å². The summed E-state index contributed by atoms with van der Waals surface area (Å²) < 4.78 is 48.0. The highest BCUT2D eigenvalue weighted by molar-refractivity contribution is 7.87. The van der Waals surface area contributed by atoms with E-state index in [1.165, 1.54) is 32.2 Å². The van der Waals surface area contributed by atoms with Crippen LogP contribution in [-0.4, -0.2) is 21.7 Å². The normalized spacial score (nSPS) is 12.7. The highest BCUT2D eigenvalue weighted by atomic mass is 32.2. The lowest BCUT2D eigenvalue weighted by atomic mass is 10.1. The van der Waals surface area contributed by atoms with E-state index in [0.717, 1.165) is 5.56 Å². The molecule has 0 aliphatic carbocycles. The third-order valence-electron chi connectivity index (χ3n) is 3.25. The van der Waals surface area contributed by atoms with Gasteiger partial charge in [0, 0.05) is 6.42 Å². The van der Waals surface area contributed by atoms with Gasteiger partial charge in [-0.1, -0.05) is 23.8 Å². The average molecular weight is 338 g/mol. The molecule has 0 aliphatic heterocycles. The van der Waals surface area contributed by atoms with Crippen molar-refractivity contribution in [3.05, 3.63) is 53.6 Å². The molecule has 2 rings (SSSR count). The van der Waals surface area contributed by atoms with E-state index in [0.29, 0.717) is 5.56 Å². The summed E-state index contributed by atoms with van der Waals surface area (Å²) in [6.45, 7) is 3.32. The molecule has 2 aromatic carbocycles. The average Bonchev–Trinajstić information content (AvgIpc) is 2.48. The van der Waals surface area contributed by atoms with Crippen molar-refractivity contribution >= 4 is 10.1 Å². The van der Waals surface area contributed by atoms with Crippen LogP contribution in [0, 0.1) is 6.92 Å². The molecule has 0 aromatic heterocycles. The summed E-state index contributed by atoms with van der Waals surface area (Å²) in [5.41, 5.74) is 1.66. The second-order valence-electron chi connectivity index (χ2n) is 5.32. The zero-order valence-corrected chi connectivity index (χ0v) is 14.1. The van der Waals surface area contributed by atoms with E-state index in [9.17, 15) is 12.8 Å². The molecule has 0 N–H and O–H groups in total. The fraction of sp³-hybridized carbons (Fsp3) is 0.294. The second kappa shape index (κ2) is 7.00. The van der Waals surface area contributed by atoms with Crippen molar-refractivity contribution in [3.63, 3.8) is 0 Å². The van der Waals surface area contributed by atoms with Gasteiger partial charge in [0.05, 0.1) is 7.11 Å². The van der Waals surface area contributed by atoms with Crippen molar-refractivity contribution in [2.45, 2.75) is 31.3 Å². The minimum Gasteiger partial charge on any atom is -0.493 e. The van der Waals surface area contributed by atoms with Crippen LogP contribution in [0.1, 0.15) is 18.1 Å². The summed E-state index contributed by atoms with van der Waals surface area (Å²) in [5.74, 6) is 0.321. The molecule has 0 bridgehead atoms. The summed E-state index contributed by atoms with van der Waals surface area (Å²) >= 11 is 0. The highest BCUT2D eigenvalue weighted by Gasteiger charge is 2.19. The van der Waals surface area contributed by atoms with E-state index in [4.69, 9.17) is 8.92 Å². The molecule has 0 fully saturated rings. The Hall–Kier alpha value is -2.08. The monoisotopic (exact) mass is 338 g/mol. The molecule has 4 nitrogen and oxygen atoms in total. The van der Waals surface area contributed by atoms with Gasteiger partial charge in [0.1, 0.15) is 11.1 Å². The minimum absolute atomic E-state index is 0.0617. The van der Waals surface area contributed by atoms with Crippen LogP contribution < -0.4 is 8.92 Å². The van der Waals surface area contributed by atoms with E-state index in [-0.39, 0.29) is 22.8 Å². The number of rotatable bonds is 6. The number of hydrogen-bond donors (Lipinski definition) is 0. The van der Waals surface area contributed by atoms with Crippen LogP contribution in [0.5, 0.6) is 11.5 Å². The fourth-order valence-electron chi connectivity index (χ4n) is 2.10. The molecular formula is C17H19FO4S. The Balaban J connectivity index is 2.29. The molecule has 0 heterocycles. The molecule has 1 atom stereocenters. The standard InChI is InChI=1S/C17H19FO4S/c1-12-4-7-15(8-5-12)23(19,20)22-16-9-6-14(10-13(2)18)11-17(16)21-3/h4-9,11,13H,10H2,1-3H3/t13-/m0/s1. The van der Waals surface area contributed by atoms with E-state index in [1.54, 1.807) is 24.3 Å². The Morgan fingerprint density at radius 3 is 2.30 bits per heavy atom. The topological polar surface area (TPSA) is 52.6 Å². The summed E-state index contributed by atoms with van der Waals surface area (Å²) in [6, 6.07) is 11.0. The molecule has 0 saturated heterocycles. The first-order valence-corrected chi connectivity index (χ1v) is 8.55. The van der Waals surface area contributed by atoms with Crippen LogP contribution in [0.15, 0.2) is 47.4 Å². The number of halogens is 1. The predicted molar refractivity (Wildman–Crippen MR) is 86.3 cm³/mol. The van der Waals surface area contributed by atoms with Crippen LogP contribution >= 0.6 is 0 Å². The number of aryl methyl sites for hydroxylation is 1. The molecule has 0 radical (unpaired) electrons. The van der Waals surface area contributed by atoms with Crippen molar-refractivity contribution < 1.29 is 21.7 Å². The third-order valence-corrected chi connectivity index (χ3v) is 4.50. The number of ether oxygens (including phenoxy) is 1. The molecule has 2 aromatic rings. The largest absolute Gasteiger partial charge is 0.493 e. The summed E-state index contributed by atoms with van der Waals surface area (Å²) in [4.78, 5) is 0.0617. The Morgan fingerprint density at radius 1 is 1.09 bits per heavy atom. The first-order chi connectivity index (χ1) is 10.8. The van der Waals surface area contributed by atoms with Crippen molar-refractivity contribution in [1.29, 1.82) is 0 Å². The quantitative estimate of drug-likeness (QED) is 0.754. The minimum atomic E-state index is -3.95. The summed E-state index contributed by atoms with van der Waals surface area (Å²) in [7, 11) is -2.55. The van der Waals surface area contributed by atoms with Gasteiger partial charge in [-0.3, -0.25) is 0 Å². The SMILES string of the molecule is COc1cc(C[C@H](C)F)ccc1OS(=O)(=O)c1ccc(C)cc1. The predicted octanol–water partition coefficient (Wildman–Crippen LogP) is 3.67. The molecule has 0 saturated carbocycles. The molecule has 23 heavy (non-hydrogen) atoms. The van der Waals surface area contributed by atoms with Gasteiger partial charge >= 0.3 is 10.1 Å². The zero-order chi connectivity index (χ0) is 17.0. The fourth-order valence-corrected chi connectivity index (χ4v) is 3.04. The molecular weight excluding hydrogens is 319 g/mol. The van der Waals surface area contributed by atoms with Gasteiger partial charge in [-0.25, -0.2) is 4.39 Å². The third kappa shape index (κ3) is 4.45. The van der Waals surface area contributed by atoms with Gasteiger partial charge in [0.25, 0.3) is 0 Å². The first-order valence-electron chi connectivity index (χ1n) is 7.14. The summed E-state index contributed by atoms with van der Waals surface area (Å²) in [5, 5.41) is 0. The van der Waals surface area contributed by atoms with Crippen LogP contribution in [-0.2, 0) is 16.5 Å². The summed E-state index contributed by atoms with van der Waals surface area (Å²) in [6.07, 6.45) is -0.774. The van der Waals surface area contributed by atoms with E-state index < -0.39 is 16.3 Å². The van der Waals surface area contributed by atoms with E-state index >= 15 is 0 Å². The number of alkyl halides is 1. The van der Waals surface area contributed by atoms with Crippen LogP contribution in [0.25, 0.3) is 0 Å². The van der Waals surface area contributed by atoms with Crippen molar-refractivity contribution in [1.82, 2.24) is 0 Å². The van der Waals surface area contributed by atoms with Gasteiger partial charge in [-0.2, -0.15) is 8.42 Å². The van der Waals surface area contributed by atoms with Crippen molar-refractivity contribution in [2.24, 2.45) is 0 Å². The van der Waals surface area contributed by atoms with Crippen molar-refractivity contribution in [3.8, 4) is 11.5 Å². The van der Waals surface area contributed by atoms with E-state index in [2.05, 4.69) is 0 Å². The molecule has 0 aliphatic rings. The smallest absolute Gasteiger partial charge is 0.339 e. The number of hydrogen-bond acceptors (Lipinski definition) is 4. The van der Waals surface area contributed by atoms with Crippen LogP contribution in [0.4, 0.5) is 4.39 Å². The molecule has 124 valence electrons. The Labute approximate surface area is 136 Å². The van der Waals surface area contributed by atoms with Crippen LogP contribution in [0.2, 0.25) is 0 Å². The molecule has 0 amide bonds. The van der Waals surface area contributed by atoms with E-state index in [1.807, 2.05) is 6.92 Å². The molecule has 0 spiro atoms. The maximum Gasteiger partial charge on any atom is 0.339 e. The van der Waals surface area contributed by atoms with Gasteiger partial charge in [-0.15, -0.1) is 0 Å². The van der Waals surface area contributed by atoms with Gasteiger partial charge in [-0.05, 0) is 43.7 Å². The lowest BCUT2D eigenvalue weighted by Crippen LogP contribution is -2.10. The van der Waals surface area contributed by atoms with Crippen molar-refractivity contribution in [2.75, 3.05) is 7.11 Å². The lowest BCUT2D eigenvalue weighted by molar-refractivity contribution is 0.358. The molecule has 0 unspecified atom stereocenters. The Kier molecular flexibility index (Phi) is 5.26. The molecule has 6 heteroatoms. The van der Waals surface area contributed by atoms with Gasteiger partial charge in [0.2, 0.25) is 0 Å². The van der Waals surface area contributed by atoms with Gasteiger partial charge in [0.15, 0.2) is 11.5 Å². The first kappa shape index (κ1) is 17.3. The maximum atomic E-state index is 13.1. The Morgan fingerprint density at radius 2 is 1.74 bits per heavy atom. The maximum absolute atomic E-state index is 13.1. The number of benzene rings is 2. The number of methoxy groups -OCH3 is 1. The lowest BCUT2D eigenvalue weighted by Gasteiger charge is -2.12. The highest BCUT2D eigenvalue weighted by Crippen LogP contribution is 2.31. The van der Waals surface area contributed by atoms with Crippen LogP contribution in [0.3, 0.4) is 0 Å². The Bertz CT molecular complexity index is 768. The zero-order valence-electron chi connectivity index (χ0n) is 13.2.